The standard InChI is InChI=1S/C18H29NS/c1-18(2)10-5-12-19(14-18)11-4-7-15-6-3-8-17-16(15)9-13-20-17/h9,13,15H,3-8,10-12,14H2,1-2H3/t15-/m0/s1. The summed E-state index contributed by atoms with van der Waals surface area (Å²) in [6, 6.07) is 2.40. The van der Waals surface area contributed by atoms with Crippen molar-refractivity contribution in [3.8, 4) is 0 Å². The first-order valence-electron chi connectivity index (χ1n) is 8.43. The van der Waals surface area contributed by atoms with Crippen molar-refractivity contribution in [3.63, 3.8) is 0 Å². The Balaban J connectivity index is 1.47. The van der Waals surface area contributed by atoms with Crippen molar-refractivity contribution >= 4 is 11.3 Å². The smallest absolute Gasteiger partial charge is 0.00800 e. The van der Waals surface area contributed by atoms with Crippen molar-refractivity contribution in [2.45, 2.75) is 64.7 Å². The van der Waals surface area contributed by atoms with Crippen molar-refractivity contribution in [3.05, 3.63) is 21.9 Å². The van der Waals surface area contributed by atoms with E-state index < -0.39 is 0 Å². The third-order valence-corrected chi connectivity index (χ3v) is 6.18. The summed E-state index contributed by atoms with van der Waals surface area (Å²) in [6.45, 7) is 8.81. The van der Waals surface area contributed by atoms with Crippen LogP contribution in [0.1, 0.15) is 68.7 Å². The molecule has 0 spiro atoms. The van der Waals surface area contributed by atoms with Crippen LogP contribution < -0.4 is 0 Å². The number of aryl methyl sites for hydroxylation is 1. The molecule has 1 aromatic rings. The number of hydrogen-bond donors (Lipinski definition) is 0. The summed E-state index contributed by atoms with van der Waals surface area (Å²) in [5.74, 6) is 0.864. The van der Waals surface area contributed by atoms with Crippen LogP contribution in [-0.2, 0) is 6.42 Å². The first-order valence-corrected chi connectivity index (χ1v) is 9.31. The van der Waals surface area contributed by atoms with E-state index in [4.69, 9.17) is 0 Å². The maximum Gasteiger partial charge on any atom is 0.00800 e. The number of nitrogens with zero attached hydrogens (tertiary/aromatic N) is 1. The largest absolute Gasteiger partial charge is 0.303 e. The fraction of sp³-hybridized carbons (Fsp3) is 0.778. The molecule has 2 heterocycles. The second-order valence-corrected chi connectivity index (χ2v) is 8.58. The van der Waals surface area contributed by atoms with Crippen LogP contribution >= 0.6 is 11.3 Å². The monoisotopic (exact) mass is 291 g/mol. The van der Waals surface area contributed by atoms with Crippen molar-refractivity contribution in [2.24, 2.45) is 5.41 Å². The van der Waals surface area contributed by atoms with Crippen molar-refractivity contribution in [2.75, 3.05) is 19.6 Å². The van der Waals surface area contributed by atoms with E-state index in [-0.39, 0.29) is 0 Å². The average molecular weight is 292 g/mol. The van der Waals surface area contributed by atoms with Crippen LogP contribution in [-0.4, -0.2) is 24.5 Å². The Bertz CT molecular complexity index is 434. The van der Waals surface area contributed by atoms with Gasteiger partial charge in [-0.3, -0.25) is 0 Å². The lowest BCUT2D eigenvalue weighted by atomic mass is 9.83. The van der Waals surface area contributed by atoms with Gasteiger partial charge in [0, 0.05) is 11.4 Å². The molecule has 1 fully saturated rings. The van der Waals surface area contributed by atoms with Crippen LogP contribution in [0, 0.1) is 5.41 Å². The Hall–Kier alpha value is -0.340. The molecule has 20 heavy (non-hydrogen) atoms. The highest BCUT2D eigenvalue weighted by Crippen LogP contribution is 2.37. The van der Waals surface area contributed by atoms with Gasteiger partial charge in [0.1, 0.15) is 0 Å². The van der Waals surface area contributed by atoms with E-state index in [0.29, 0.717) is 5.41 Å². The molecule has 0 amide bonds. The molecule has 2 heteroatoms. The maximum atomic E-state index is 2.71. The first kappa shape index (κ1) is 14.6. The SMILES string of the molecule is CC1(C)CCCN(CCC[C@@H]2CCCc3sccc32)C1. The van der Waals surface area contributed by atoms with Gasteiger partial charge in [-0.25, -0.2) is 0 Å². The number of hydrogen-bond acceptors (Lipinski definition) is 2. The summed E-state index contributed by atoms with van der Waals surface area (Å²) in [5, 5.41) is 2.30. The van der Waals surface area contributed by atoms with Gasteiger partial charge in [0.15, 0.2) is 0 Å². The van der Waals surface area contributed by atoms with E-state index >= 15 is 0 Å². The van der Waals surface area contributed by atoms with E-state index in [9.17, 15) is 0 Å². The van der Waals surface area contributed by atoms with Gasteiger partial charge in [-0.2, -0.15) is 0 Å². The number of piperidine rings is 1. The molecule has 1 atom stereocenters. The summed E-state index contributed by atoms with van der Waals surface area (Å²) >= 11 is 1.98. The van der Waals surface area contributed by atoms with Crippen molar-refractivity contribution < 1.29 is 0 Å². The fourth-order valence-corrected chi connectivity index (χ4v) is 5.19. The lowest BCUT2D eigenvalue weighted by Gasteiger charge is -2.38. The molecule has 1 aliphatic carbocycles. The topological polar surface area (TPSA) is 3.24 Å². The van der Waals surface area contributed by atoms with E-state index in [0.717, 1.165) is 5.92 Å². The Morgan fingerprint density at radius 2 is 2.25 bits per heavy atom. The van der Waals surface area contributed by atoms with Gasteiger partial charge in [0.05, 0.1) is 0 Å². The molecule has 112 valence electrons. The minimum absolute atomic E-state index is 0.545. The second-order valence-electron chi connectivity index (χ2n) is 7.57. The molecule has 1 saturated heterocycles. The highest BCUT2D eigenvalue weighted by atomic mass is 32.1. The molecule has 3 rings (SSSR count). The molecule has 0 saturated carbocycles. The van der Waals surface area contributed by atoms with Crippen LogP contribution in [0.15, 0.2) is 11.4 Å². The summed E-state index contributed by atoms with van der Waals surface area (Å²) < 4.78 is 0. The number of fused-ring (bicyclic) bond motifs is 1. The normalized spacial score (nSPS) is 26.4. The lowest BCUT2D eigenvalue weighted by molar-refractivity contribution is 0.115. The number of rotatable bonds is 4. The minimum Gasteiger partial charge on any atom is -0.303 e. The third-order valence-electron chi connectivity index (χ3n) is 5.18. The Morgan fingerprint density at radius 3 is 3.10 bits per heavy atom. The molecule has 0 bridgehead atoms. The molecular weight excluding hydrogens is 262 g/mol. The Labute approximate surface area is 128 Å². The molecular formula is C18H29NS. The van der Waals surface area contributed by atoms with Gasteiger partial charge in [-0.15, -0.1) is 11.3 Å². The number of thiophene rings is 1. The predicted molar refractivity (Wildman–Crippen MR) is 88.7 cm³/mol. The zero-order valence-electron chi connectivity index (χ0n) is 13.2. The minimum atomic E-state index is 0.545. The first-order chi connectivity index (χ1) is 9.64. The second kappa shape index (κ2) is 6.19. The van der Waals surface area contributed by atoms with Gasteiger partial charge in [-0.05, 0) is 86.4 Å². The van der Waals surface area contributed by atoms with Gasteiger partial charge >= 0.3 is 0 Å². The third kappa shape index (κ3) is 3.46. The van der Waals surface area contributed by atoms with E-state index in [1.54, 1.807) is 10.4 Å². The van der Waals surface area contributed by atoms with Crippen molar-refractivity contribution in [1.82, 2.24) is 4.90 Å². The molecule has 0 radical (unpaired) electrons. The molecule has 0 aromatic carbocycles. The average Bonchev–Trinajstić information content (AvgIpc) is 2.87. The van der Waals surface area contributed by atoms with E-state index in [2.05, 4.69) is 30.2 Å². The predicted octanol–water partition coefficient (Wildman–Crippen LogP) is 5.07. The highest BCUT2D eigenvalue weighted by molar-refractivity contribution is 7.10. The van der Waals surface area contributed by atoms with Crippen LogP contribution in [0.5, 0.6) is 0 Å². The Morgan fingerprint density at radius 1 is 1.35 bits per heavy atom. The number of likely N-dealkylation sites (tertiary alicyclic amines) is 1. The summed E-state index contributed by atoms with van der Waals surface area (Å²) in [5.41, 5.74) is 2.24. The lowest BCUT2D eigenvalue weighted by Crippen LogP contribution is -2.40. The van der Waals surface area contributed by atoms with Gasteiger partial charge < -0.3 is 4.90 Å². The zero-order valence-corrected chi connectivity index (χ0v) is 14.0. The summed E-state index contributed by atoms with van der Waals surface area (Å²) in [4.78, 5) is 4.39. The molecule has 1 aliphatic heterocycles. The van der Waals surface area contributed by atoms with Crippen LogP contribution in [0.25, 0.3) is 0 Å². The van der Waals surface area contributed by atoms with Crippen LogP contribution in [0.4, 0.5) is 0 Å². The fourth-order valence-electron chi connectivity index (χ4n) is 4.18. The molecule has 0 unspecified atom stereocenters. The van der Waals surface area contributed by atoms with Crippen molar-refractivity contribution in [1.29, 1.82) is 0 Å². The Kier molecular flexibility index (Phi) is 4.52. The van der Waals surface area contributed by atoms with Gasteiger partial charge in [-0.1, -0.05) is 13.8 Å². The quantitative estimate of drug-likeness (QED) is 0.748. The molecule has 0 N–H and O–H groups in total. The van der Waals surface area contributed by atoms with E-state index in [1.165, 1.54) is 64.6 Å². The van der Waals surface area contributed by atoms with Crippen LogP contribution in [0.3, 0.4) is 0 Å². The van der Waals surface area contributed by atoms with Gasteiger partial charge in [0.2, 0.25) is 0 Å². The molecule has 2 aliphatic rings. The highest BCUT2D eigenvalue weighted by Gasteiger charge is 2.26. The summed E-state index contributed by atoms with van der Waals surface area (Å²) in [7, 11) is 0. The maximum absolute atomic E-state index is 2.71. The van der Waals surface area contributed by atoms with Gasteiger partial charge in [0.25, 0.3) is 0 Å². The van der Waals surface area contributed by atoms with E-state index in [1.807, 2.05) is 11.3 Å². The zero-order chi connectivity index (χ0) is 14.0. The summed E-state index contributed by atoms with van der Waals surface area (Å²) in [6.07, 6.45) is 9.76. The molecule has 1 aromatic heterocycles. The van der Waals surface area contributed by atoms with Crippen LogP contribution in [0.2, 0.25) is 0 Å². The molecule has 1 nitrogen and oxygen atoms in total.